The van der Waals surface area contributed by atoms with Gasteiger partial charge >= 0.3 is 6.03 Å². The molecule has 1 heterocycles. The predicted molar refractivity (Wildman–Crippen MR) is 87.1 cm³/mol. The van der Waals surface area contributed by atoms with Gasteiger partial charge in [0, 0.05) is 30.1 Å². The minimum atomic E-state index is -0.270. The minimum absolute atomic E-state index is 0.153. The van der Waals surface area contributed by atoms with E-state index in [1.54, 1.807) is 19.2 Å². The fourth-order valence-corrected chi connectivity index (χ4v) is 2.04. The third kappa shape index (κ3) is 4.01. The second-order valence-corrected chi connectivity index (χ2v) is 6.61. The summed E-state index contributed by atoms with van der Waals surface area (Å²) >= 11 is 6.10. The van der Waals surface area contributed by atoms with E-state index in [9.17, 15) is 4.79 Å². The van der Waals surface area contributed by atoms with E-state index in [1.807, 2.05) is 39.0 Å². The lowest BCUT2D eigenvalue weighted by Crippen LogP contribution is -2.31. The maximum atomic E-state index is 12.2. The molecule has 0 aliphatic heterocycles. The highest BCUT2D eigenvalue weighted by Crippen LogP contribution is 2.24. The van der Waals surface area contributed by atoms with E-state index in [1.165, 1.54) is 4.90 Å². The molecule has 6 heteroatoms. The summed E-state index contributed by atoms with van der Waals surface area (Å²) in [7, 11) is 1.70. The predicted octanol–water partition coefficient (Wildman–Crippen LogP) is 4.29. The van der Waals surface area contributed by atoms with Gasteiger partial charge in [0.25, 0.3) is 0 Å². The Morgan fingerprint density at radius 1 is 1.36 bits per heavy atom. The number of rotatable bonds is 3. The molecular weight excluding hydrogens is 302 g/mol. The highest BCUT2D eigenvalue weighted by atomic mass is 35.5. The molecule has 0 radical (unpaired) electrons. The van der Waals surface area contributed by atoms with Crippen molar-refractivity contribution in [2.24, 2.45) is 0 Å². The molecule has 0 aliphatic carbocycles. The second-order valence-electron chi connectivity index (χ2n) is 6.20. The number of aromatic nitrogens is 1. The van der Waals surface area contributed by atoms with E-state index in [0.717, 1.165) is 11.3 Å². The molecule has 5 nitrogen and oxygen atoms in total. The van der Waals surface area contributed by atoms with Crippen LogP contribution in [0.2, 0.25) is 5.02 Å². The van der Waals surface area contributed by atoms with Crippen LogP contribution in [0.1, 0.15) is 32.1 Å². The number of nitrogens with zero attached hydrogens (tertiary/aromatic N) is 2. The van der Waals surface area contributed by atoms with Gasteiger partial charge in [-0.25, -0.2) is 4.79 Å². The average molecular weight is 322 g/mol. The number of urea groups is 1. The summed E-state index contributed by atoms with van der Waals surface area (Å²) in [4.78, 5) is 13.7. The van der Waals surface area contributed by atoms with Crippen molar-refractivity contribution in [2.75, 3.05) is 12.4 Å². The molecule has 0 saturated heterocycles. The number of halogens is 1. The first kappa shape index (κ1) is 16.4. The summed E-state index contributed by atoms with van der Waals surface area (Å²) in [6.07, 6.45) is 0. The molecule has 1 aromatic heterocycles. The zero-order valence-corrected chi connectivity index (χ0v) is 13.9. The van der Waals surface area contributed by atoms with Crippen molar-refractivity contribution < 1.29 is 9.32 Å². The number of carbonyl (C=O) groups excluding carboxylic acids is 1. The number of benzene rings is 1. The molecule has 1 N–H and O–H groups in total. The van der Waals surface area contributed by atoms with E-state index < -0.39 is 0 Å². The quantitative estimate of drug-likeness (QED) is 0.917. The first-order valence-corrected chi connectivity index (χ1v) is 7.38. The molecule has 2 amide bonds. The van der Waals surface area contributed by atoms with E-state index in [-0.39, 0.29) is 11.4 Å². The highest BCUT2D eigenvalue weighted by molar-refractivity contribution is 6.31. The summed E-state index contributed by atoms with van der Waals surface area (Å²) in [6.45, 7) is 6.46. The van der Waals surface area contributed by atoms with Gasteiger partial charge in [0.2, 0.25) is 0 Å². The Kier molecular flexibility index (Phi) is 4.76. The Morgan fingerprint density at radius 3 is 2.64 bits per heavy atom. The van der Waals surface area contributed by atoms with Crippen LogP contribution in [0, 0.1) is 0 Å². The molecule has 0 unspecified atom stereocenters. The van der Waals surface area contributed by atoms with E-state index in [2.05, 4.69) is 10.5 Å². The van der Waals surface area contributed by atoms with E-state index >= 15 is 0 Å². The van der Waals surface area contributed by atoms with Gasteiger partial charge in [-0.15, -0.1) is 0 Å². The van der Waals surface area contributed by atoms with Gasteiger partial charge in [-0.3, -0.25) is 5.32 Å². The number of nitrogens with one attached hydrogen (secondary N) is 1. The van der Waals surface area contributed by atoms with Gasteiger partial charge in [-0.2, -0.15) is 0 Å². The summed E-state index contributed by atoms with van der Waals surface area (Å²) < 4.78 is 5.24. The van der Waals surface area contributed by atoms with Crippen molar-refractivity contribution in [1.82, 2.24) is 10.1 Å². The topological polar surface area (TPSA) is 58.4 Å². The van der Waals surface area contributed by atoms with Gasteiger partial charge in [-0.1, -0.05) is 55.7 Å². The first-order chi connectivity index (χ1) is 10.3. The largest absolute Gasteiger partial charge is 0.359 e. The Bertz CT molecular complexity index is 661. The second kappa shape index (κ2) is 6.40. The molecule has 0 spiro atoms. The van der Waals surface area contributed by atoms with Crippen molar-refractivity contribution in [3.63, 3.8) is 0 Å². The van der Waals surface area contributed by atoms with Gasteiger partial charge in [0.05, 0.1) is 0 Å². The van der Waals surface area contributed by atoms with Crippen LogP contribution in [-0.4, -0.2) is 23.1 Å². The summed E-state index contributed by atoms with van der Waals surface area (Å²) in [6, 6.07) is 8.90. The van der Waals surface area contributed by atoms with Crippen LogP contribution < -0.4 is 5.32 Å². The molecule has 2 rings (SSSR count). The van der Waals surface area contributed by atoms with E-state index in [4.69, 9.17) is 16.1 Å². The molecule has 0 aliphatic rings. The third-order valence-corrected chi connectivity index (χ3v) is 3.57. The third-order valence-electron chi connectivity index (χ3n) is 3.20. The van der Waals surface area contributed by atoms with Crippen LogP contribution in [0.3, 0.4) is 0 Å². The lowest BCUT2D eigenvalue weighted by Gasteiger charge is -2.17. The number of hydrogen-bond donors (Lipinski definition) is 1. The number of hydrogen-bond acceptors (Lipinski definition) is 3. The number of amides is 2. The molecule has 0 bridgehead atoms. The minimum Gasteiger partial charge on any atom is -0.359 e. The molecule has 118 valence electrons. The van der Waals surface area contributed by atoms with E-state index in [0.29, 0.717) is 17.4 Å². The van der Waals surface area contributed by atoms with Crippen LogP contribution in [0.4, 0.5) is 10.6 Å². The summed E-state index contributed by atoms with van der Waals surface area (Å²) in [5.74, 6) is 1.12. The number of anilines is 1. The zero-order valence-electron chi connectivity index (χ0n) is 13.2. The fourth-order valence-electron chi connectivity index (χ4n) is 1.85. The van der Waals surface area contributed by atoms with Crippen molar-refractivity contribution in [2.45, 2.75) is 32.7 Å². The smallest absolute Gasteiger partial charge is 0.323 e. The Labute approximate surface area is 135 Å². The lowest BCUT2D eigenvalue weighted by atomic mass is 9.93. The highest BCUT2D eigenvalue weighted by Gasteiger charge is 2.21. The monoisotopic (exact) mass is 321 g/mol. The van der Waals surface area contributed by atoms with Crippen molar-refractivity contribution in [3.8, 4) is 0 Å². The van der Waals surface area contributed by atoms with Gasteiger partial charge in [0.1, 0.15) is 5.76 Å². The molecule has 0 fully saturated rings. The molecule has 1 aromatic carbocycles. The summed E-state index contributed by atoms with van der Waals surface area (Å²) in [5.41, 5.74) is 0.733. The zero-order chi connectivity index (χ0) is 16.3. The van der Waals surface area contributed by atoms with Gasteiger partial charge in [0.15, 0.2) is 5.82 Å². The van der Waals surface area contributed by atoms with Crippen molar-refractivity contribution in [1.29, 1.82) is 0 Å². The molecule has 0 atom stereocenters. The average Bonchev–Trinajstić information content (AvgIpc) is 2.89. The van der Waals surface area contributed by atoms with Crippen LogP contribution in [0.25, 0.3) is 0 Å². The molecule has 0 saturated carbocycles. The standard InChI is InChI=1S/C16H20ClN3O2/c1-16(2,3)13-9-14(19-22-13)18-15(21)20(4)10-11-7-5-6-8-12(11)17/h5-9H,10H2,1-4H3,(H,18,19,21). The van der Waals surface area contributed by atoms with Gasteiger partial charge < -0.3 is 9.42 Å². The maximum absolute atomic E-state index is 12.2. The molecule has 2 aromatic rings. The summed E-state index contributed by atoms with van der Waals surface area (Å²) in [5, 5.41) is 7.22. The normalized spacial score (nSPS) is 11.3. The maximum Gasteiger partial charge on any atom is 0.323 e. The lowest BCUT2D eigenvalue weighted by molar-refractivity contribution is 0.220. The number of carbonyl (C=O) groups is 1. The van der Waals surface area contributed by atoms with Crippen LogP contribution in [0.5, 0.6) is 0 Å². The Balaban J connectivity index is 2.00. The molecular formula is C16H20ClN3O2. The van der Waals surface area contributed by atoms with Crippen LogP contribution in [0.15, 0.2) is 34.9 Å². The Morgan fingerprint density at radius 2 is 2.05 bits per heavy atom. The Hall–Kier alpha value is -2.01. The van der Waals surface area contributed by atoms with Crippen LogP contribution >= 0.6 is 11.6 Å². The first-order valence-electron chi connectivity index (χ1n) is 7.00. The fraction of sp³-hybridized carbons (Fsp3) is 0.375. The van der Waals surface area contributed by atoms with Crippen LogP contribution in [-0.2, 0) is 12.0 Å². The molecule has 22 heavy (non-hydrogen) atoms. The SMILES string of the molecule is CN(Cc1ccccc1Cl)C(=O)Nc1cc(C(C)(C)C)on1. The van der Waals surface area contributed by atoms with Gasteiger partial charge in [-0.05, 0) is 11.6 Å². The van der Waals surface area contributed by atoms with Crippen molar-refractivity contribution in [3.05, 3.63) is 46.7 Å². The van der Waals surface area contributed by atoms with Crippen molar-refractivity contribution >= 4 is 23.4 Å².